The fourth-order valence-corrected chi connectivity index (χ4v) is 4.05. The molecule has 1 aliphatic carbocycles. The van der Waals surface area contributed by atoms with Crippen LogP contribution >= 0.6 is 0 Å². The van der Waals surface area contributed by atoms with Gasteiger partial charge in [-0.2, -0.15) is 5.10 Å². The van der Waals surface area contributed by atoms with Gasteiger partial charge in [0.1, 0.15) is 5.52 Å². The van der Waals surface area contributed by atoms with Gasteiger partial charge in [-0.15, -0.1) is 0 Å². The summed E-state index contributed by atoms with van der Waals surface area (Å²) in [4.78, 5) is 25.1. The van der Waals surface area contributed by atoms with E-state index < -0.39 is 0 Å². The zero-order valence-corrected chi connectivity index (χ0v) is 17.1. The van der Waals surface area contributed by atoms with Crippen LogP contribution in [0.5, 0.6) is 0 Å². The number of aromatic nitrogens is 3. The van der Waals surface area contributed by atoms with Crippen LogP contribution in [0.2, 0.25) is 0 Å². The second kappa shape index (κ2) is 8.23. The number of benzene rings is 1. The highest BCUT2D eigenvalue weighted by Crippen LogP contribution is 2.23. The molecule has 6 heteroatoms. The van der Waals surface area contributed by atoms with Crippen molar-refractivity contribution in [3.8, 4) is 11.3 Å². The smallest absolute Gasteiger partial charge is 0.276 e. The third kappa shape index (κ3) is 4.11. The van der Waals surface area contributed by atoms with E-state index in [0.717, 1.165) is 36.9 Å². The van der Waals surface area contributed by atoms with Gasteiger partial charge in [-0.25, -0.2) is 4.52 Å². The Labute approximate surface area is 170 Å². The van der Waals surface area contributed by atoms with E-state index in [1.54, 1.807) is 21.5 Å². The fourth-order valence-electron chi connectivity index (χ4n) is 4.05. The molecular formula is C23H28N4O2. The second-order valence-electron chi connectivity index (χ2n) is 8.08. The molecule has 0 radical (unpaired) electrons. The number of aryl methyl sites for hydroxylation is 2. The summed E-state index contributed by atoms with van der Waals surface area (Å²) in [5, 5.41) is 7.56. The Bertz CT molecular complexity index is 1090. The molecule has 0 aliphatic heterocycles. The zero-order chi connectivity index (χ0) is 20.4. The van der Waals surface area contributed by atoms with Gasteiger partial charge in [-0.05, 0) is 49.9 Å². The zero-order valence-electron chi connectivity index (χ0n) is 17.1. The van der Waals surface area contributed by atoms with Crippen molar-refractivity contribution in [2.75, 3.05) is 6.54 Å². The lowest BCUT2D eigenvalue weighted by atomic mass is 9.89. The first-order chi connectivity index (χ1) is 14.0. The topological polar surface area (TPSA) is 68.4 Å². The second-order valence-corrected chi connectivity index (χ2v) is 8.08. The largest absolute Gasteiger partial charge is 0.354 e. The van der Waals surface area contributed by atoms with Crippen molar-refractivity contribution in [1.29, 1.82) is 0 Å². The van der Waals surface area contributed by atoms with Gasteiger partial charge in [-0.3, -0.25) is 9.59 Å². The Hall–Kier alpha value is -2.89. The molecular weight excluding hydrogens is 364 g/mol. The summed E-state index contributed by atoms with van der Waals surface area (Å²) >= 11 is 0. The molecule has 0 unspecified atom stereocenters. The standard InChI is InChI=1S/C23H28N4O2/c1-16-8-9-19(14-17(16)2)20-15-21-23(29)26(12-13-27(21)25-20)11-10-24-22(28)18-6-4-3-5-7-18/h8-9,12-15,18H,3-7,10-11H2,1-2H3,(H,24,28). The number of amides is 1. The summed E-state index contributed by atoms with van der Waals surface area (Å²) in [6.07, 6.45) is 9.00. The predicted molar refractivity (Wildman–Crippen MR) is 114 cm³/mol. The van der Waals surface area contributed by atoms with Crippen molar-refractivity contribution in [1.82, 2.24) is 19.5 Å². The highest BCUT2D eigenvalue weighted by atomic mass is 16.2. The van der Waals surface area contributed by atoms with Crippen LogP contribution in [0.1, 0.15) is 43.2 Å². The molecule has 1 aromatic carbocycles. The Morgan fingerprint density at radius 3 is 2.66 bits per heavy atom. The van der Waals surface area contributed by atoms with Crippen molar-refractivity contribution in [3.63, 3.8) is 0 Å². The summed E-state index contributed by atoms with van der Waals surface area (Å²) in [5.41, 5.74) is 4.66. The van der Waals surface area contributed by atoms with E-state index in [1.165, 1.54) is 17.5 Å². The normalized spacial score (nSPS) is 15.0. The molecule has 0 bridgehead atoms. The van der Waals surface area contributed by atoms with Gasteiger partial charge in [0.2, 0.25) is 5.91 Å². The Balaban J connectivity index is 1.48. The maximum atomic E-state index is 12.9. The molecule has 2 aromatic heterocycles. The molecule has 0 atom stereocenters. The van der Waals surface area contributed by atoms with E-state index in [2.05, 4.69) is 36.4 Å². The van der Waals surface area contributed by atoms with Gasteiger partial charge >= 0.3 is 0 Å². The molecule has 0 saturated heterocycles. The molecule has 1 aliphatic rings. The van der Waals surface area contributed by atoms with Gasteiger partial charge in [0.15, 0.2) is 0 Å². The number of nitrogens with zero attached hydrogens (tertiary/aromatic N) is 3. The van der Waals surface area contributed by atoms with Crippen LogP contribution in [-0.2, 0) is 11.3 Å². The molecule has 1 saturated carbocycles. The first-order valence-electron chi connectivity index (χ1n) is 10.5. The lowest BCUT2D eigenvalue weighted by Gasteiger charge is -2.20. The fraction of sp³-hybridized carbons (Fsp3) is 0.435. The Kier molecular flexibility index (Phi) is 5.51. The molecule has 152 valence electrons. The molecule has 3 aromatic rings. The number of fused-ring (bicyclic) bond motifs is 1. The van der Waals surface area contributed by atoms with Gasteiger partial charge < -0.3 is 9.88 Å². The Morgan fingerprint density at radius 1 is 1.10 bits per heavy atom. The molecule has 4 rings (SSSR count). The van der Waals surface area contributed by atoms with Crippen LogP contribution in [0, 0.1) is 19.8 Å². The van der Waals surface area contributed by atoms with Crippen LogP contribution in [-0.4, -0.2) is 26.6 Å². The van der Waals surface area contributed by atoms with Crippen molar-refractivity contribution in [2.24, 2.45) is 5.92 Å². The van der Waals surface area contributed by atoms with E-state index in [4.69, 9.17) is 0 Å². The summed E-state index contributed by atoms with van der Waals surface area (Å²) in [5.74, 6) is 0.263. The van der Waals surface area contributed by atoms with E-state index >= 15 is 0 Å². The van der Waals surface area contributed by atoms with Crippen LogP contribution in [0.3, 0.4) is 0 Å². The lowest BCUT2D eigenvalue weighted by Crippen LogP contribution is -2.35. The van der Waals surface area contributed by atoms with Crippen molar-refractivity contribution in [2.45, 2.75) is 52.5 Å². The molecule has 0 spiro atoms. The number of carbonyl (C=O) groups is 1. The third-order valence-electron chi connectivity index (χ3n) is 6.03. The minimum absolute atomic E-state index is 0.0954. The highest BCUT2D eigenvalue weighted by molar-refractivity contribution is 5.78. The van der Waals surface area contributed by atoms with E-state index in [0.29, 0.717) is 18.6 Å². The number of hydrogen-bond donors (Lipinski definition) is 1. The minimum atomic E-state index is -0.0954. The minimum Gasteiger partial charge on any atom is -0.354 e. The quantitative estimate of drug-likeness (QED) is 0.723. The first kappa shape index (κ1) is 19.4. The number of hydrogen-bond acceptors (Lipinski definition) is 3. The van der Waals surface area contributed by atoms with Crippen molar-refractivity contribution < 1.29 is 4.79 Å². The maximum absolute atomic E-state index is 12.9. The summed E-state index contributed by atoms with van der Waals surface area (Å²) < 4.78 is 3.27. The Morgan fingerprint density at radius 2 is 1.90 bits per heavy atom. The molecule has 6 nitrogen and oxygen atoms in total. The summed E-state index contributed by atoms with van der Waals surface area (Å²) in [6.45, 7) is 5.07. The van der Waals surface area contributed by atoms with E-state index in [-0.39, 0.29) is 17.4 Å². The monoisotopic (exact) mass is 392 g/mol. The van der Waals surface area contributed by atoms with Crippen LogP contribution in [0.4, 0.5) is 0 Å². The molecule has 1 fully saturated rings. The first-order valence-corrected chi connectivity index (χ1v) is 10.5. The SMILES string of the molecule is Cc1ccc(-c2cc3c(=O)n(CCNC(=O)C4CCCCC4)ccn3n2)cc1C. The van der Waals surface area contributed by atoms with Gasteiger partial charge in [0, 0.05) is 37.0 Å². The van der Waals surface area contributed by atoms with Crippen LogP contribution in [0.15, 0.2) is 41.5 Å². The maximum Gasteiger partial charge on any atom is 0.276 e. The predicted octanol–water partition coefficient (Wildman–Crippen LogP) is 3.48. The van der Waals surface area contributed by atoms with Crippen LogP contribution in [0.25, 0.3) is 16.8 Å². The van der Waals surface area contributed by atoms with E-state index in [1.807, 2.05) is 12.1 Å². The highest BCUT2D eigenvalue weighted by Gasteiger charge is 2.20. The number of nitrogens with one attached hydrogen (secondary N) is 1. The third-order valence-corrected chi connectivity index (χ3v) is 6.03. The van der Waals surface area contributed by atoms with Gasteiger partial charge in [-0.1, -0.05) is 31.4 Å². The average Bonchev–Trinajstić information content (AvgIpc) is 3.17. The van der Waals surface area contributed by atoms with Gasteiger partial charge in [0.05, 0.1) is 5.69 Å². The molecule has 29 heavy (non-hydrogen) atoms. The molecule has 1 N–H and O–H groups in total. The van der Waals surface area contributed by atoms with E-state index in [9.17, 15) is 9.59 Å². The van der Waals surface area contributed by atoms with Crippen molar-refractivity contribution in [3.05, 3.63) is 58.1 Å². The molecule has 1 amide bonds. The van der Waals surface area contributed by atoms with Gasteiger partial charge in [0.25, 0.3) is 5.56 Å². The average molecular weight is 393 g/mol. The lowest BCUT2D eigenvalue weighted by molar-refractivity contribution is -0.125. The van der Waals surface area contributed by atoms with Crippen LogP contribution < -0.4 is 10.9 Å². The number of carbonyl (C=O) groups excluding carboxylic acids is 1. The summed E-state index contributed by atoms with van der Waals surface area (Å²) in [7, 11) is 0. The van der Waals surface area contributed by atoms with Crippen molar-refractivity contribution >= 4 is 11.4 Å². The number of rotatable bonds is 5. The summed E-state index contributed by atoms with van der Waals surface area (Å²) in [6, 6.07) is 8.03. The molecule has 2 heterocycles.